The highest BCUT2D eigenvalue weighted by atomic mass is 35.5. The molecule has 3 rings (SSSR count). The topological polar surface area (TPSA) is 78.5 Å². The fourth-order valence-corrected chi connectivity index (χ4v) is 4.36. The molecule has 0 saturated carbocycles. The van der Waals surface area contributed by atoms with Gasteiger partial charge in [-0.1, -0.05) is 29.3 Å². The molecular formula is C20H24ClN3O3S. The molecule has 2 aromatic carbocycles. The summed E-state index contributed by atoms with van der Waals surface area (Å²) in [4.78, 5) is 15.0. The first kappa shape index (κ1) is 20.6. The summed E-state index contributed by atoms with van der Waals surface area (Å²) in [6.45, 7) is 3.74. The number of nitrogens with zero attached hydrogens (tertiary/aromatic N) is 1. The maximum atomic E-state index is 12.7. The number of piperidine rings is 1. The van der Waals surface area contributed by atoms with E-state index in [-0.39, 0.29) is 27.4 Å². The Morgan fingerprint density at radius 2 is 1.75 bits per heavy atom. The van der Waals surface area contributed by atoms with Crippen molar-refractivity contribution < 1.29 is 13.2 Å². The van der Waals surface area contributed by atoms with Gasteiger partial charge in [-0.25, -0.2) is 8.42 Å². The van der Waals surface area contributed by atoms with E-state index in [1.165, 1.54) is 12.1 Å². The van der Waals surface area contributed by atoms with E-state index in [9.17, 15) is 13.2 Å². The largest absolute Gasteiger partial charge is 0.349 e. The lowest BCUT2D eigenvalue weighted by molar-refractivity contribution is 0.0917. The number of carbonyl (C=O) groups is 1. The molecule has 0 aliphatic carbocycles. The first-order valence-electron chi connectivity index (χ1n) is 9.13. The number of sulfonamides is 1. The lowest BCUT2D eigenvalue weighted by Crippen LogP contribution is -2.43. The van der Waals surface area contributed by atoms with Crippen molar-refractivity contribution in [2.75, 3.05) is 24.9 Å². The molecule has 1 saturated heterocycles. The highest BCUT2D eigenvalue weighted by Gasteiger charge is 2.21. The second-order valence-electron chi connectivity index (χ2n) is 7.16. The molecule has 1 heterocycles. The van der Waals surface area contributed by atoms with Crippen molar-refractivity contribution in [3.8, 4) is 0 Å². The Balaban J connectivity index is 1.75. The number of amides is 1. The van der Waals surface area contributed by atoms with Gasteiger partial charge in [0.05, 0.1) is 15.5 Å². The van der Waals surface area contributed by atoms with Crippen LogP contribution in [0.25, 0.3) is 0 Å². The zero-order valence-corrected chi connectivity index (χ0v) is 17.5. The van der Waals surface area contributed by atoms with E-state index in [0.29, 0.717) is 5.69 Å². The van der Waals surface area contributed by atoms with Crippen LogP contribution in [0.15, 0.2) is 47.4 Å². The van der Waals surface area contributed by atoms with Crippen LogP contribution in [0.5, 0.6) is 0 Å². The van der Waals surface area contributed by atoms with Crippen LogP contribution in [-0.4, -0.2) is 45.4 Å². The van der Waals surface area contributed by atoms with Gasteiger partial charge in [0, 0.05) is 11.7 Å². The van der Waals surface area contributed by atoms with Gasteiger partial charge in [0.1, 0.15) is 0 Å². The monoisotopic (exact) mass is 421 g/mol. The Morgan fingerprint density at radius 1 is 1.11 bits per heavy atom. The minimum Gasteiger partial charge on any atom is -0.349 e. The van der Waals surface area contributed by atoms with Gasteiger partial charge >= 0.3 is 0 Å². The third kappa shape index (κ3) is 5.04. The van der Waals surface area contributed by atoms with Gasteiger partial charge in [0.15, 0.2) is 0 Å². The average Bonchev–Trinajstić information content (AvgIpc) is 2.65. The number of likely N-dealkylation sites (tertiary alicyclic amines) is 1. The maximum absolute atomic E-state index is 12.7. The van der Waals surface area contributed by atoms with E-state index in [1.54, 1.807) is 30.3 Å². The number of halogens is 1. The van der Waals surface area contributed by atoms with Crippen molar-refractivity contribution in [1.82, 2.24) is 10.2 Å². The minimum absolute atomic E-state index is 0.0904. The molecule has 1 fully saturated rings. The zero-order chi connectivity index (χ0) is 20.3. The molecule has 1 aliphatic heterocycles. The van der Waals surface area contributed by atoms with E-state index >= 15 is 0 Å². The molecule has 0 atom stereocenters. The summed E-state index contributed by atoms with van der Waals surface area (Å²) < 4.78 is 27.7. The standard InChI is InChI=1S/C20H24ClN3O3S/c1-14-3-6-17(7-4-14)28(26,27)23-16-5-8-19(21)18(13-16)20(25)22-15-9-11-24(2)12-10-15/h3-8,13,15,23H,9-12H2,1-2H3,(H,22,25). The summed E-state index contributed by atoms with van der Waals surface area (Å²) in [5.41, 5.74) is 1.52. The van der Waals surface area contributed by atoms with E-state index in [2.05, 4.69) is 22.0 Å². The zero-order valence-electron chi connectivity index (χ0n) is 15.9. The molecule has 2 aromatic rings. The number of nitrogens with one attached hydrogen (secondary N) is 2. The summed E-state index contributed by atoms with van der Waals surface area (Å²) in [6.07, 6.45) is 1.75. The van der Waals surface area contributed by atoms with Crippen LogP contribution >= 0.6 is 11.6 Å². The van der Waals surface area contributed by atoms with E-state index in [4.69, 9.17) is 11.6 Å². The van der Waals surface area contributed by atoms with Gasteiger partial charge in [0.25, 0.3) is 15.9 Å². The summed E-state index contributed by atoms with van der Waals surface area (Å²) in [5, 5.41) is 3.28. The normalized spacial score (nSPS) is 16.0. The Kier molecular flexibility index (Phi) is 6.27. The molecule has 0 aromatic heterocycles. The van der Waals surface area contributed by atoms with Crippen LogP contribution < -0.4 is 10.0 Å². The predicted molar refractivity (Wildman–Crippen MR) is 111 cm³/mol. The Hall–Kier alpha value is -2.09. The third-order valence-corrected chi connectivity index (χ3v) is 6.58. The molecule has 2 N–H and O–H groups in total. The second-order valence-corrected chi connectivity index (χ2v) is 9.25. The molecule has 0 radical (unpaired) electrons. The molecule has 8 heteroatoms. The van der Waals surface area contributed by atoms with Gasteiger partial charge in [-0.15, -0.1) is 0 Å². The first-order valence-corrected chi connectivity index (χ1v) is 11.0. The number of rotatable bonds is 5. The molecule has 1 amide bonds. The van der Waals surface area contributed by atoms with Crippen molar-refractivity contribution >= 4 is 33.2 Å². The van der Waals surface area contributed by atoms with Crippen molar-refractivity contribution in [2.45, 2.75) is 30.7 Å². The molecule has 0 spiro atoms. The van der Waals surface area contributed by atoms with Gasteiger partial charge in [0.2, 0.25) is 0 Å². The van der Waals surface area contributed by atoms with Crippen molar-refractivity contribution in [3.05, 3.63) is 58.6 Å². The van der Waals surface area contributed by atoms with Gasteiger partial charge in [-0.3, -0.25) is 9.52 Å². The molecule has 28 heavy (non-hydrogen) atoms. The van der Waals surface area contributed by atoms with Gasteiger partial charge in [-0.05, 0) is 70.2 Å². The molecule has 0 bridgehead atoms. The molecule has 150 valence electrons. The maximum Gasteiger partial charge on any atom is 0.261 e. The SMILES string of the molecule is Cc1ccc(S(=O)(=O)Nc2ccc(Cl)c(C(=O)NC3CCN(C)CC3)c2)cc1. The lowest BCUT2D eigenvalue weighted by atomic mass is 10.0. The van der Waals surface area contributed by atoms with Crippen LogP contribution in [0.3, 0.4) is 0 Å². The Morgan fingerprint density at radius 3 is 2.39 bits per heavy atom. The number of carbonyl (C=O) groups excluding carboxylic acids is 1. The Labute approximate surface area is 170 Å². The number of hydrogen-bond donors (Lipinski definition) is 2. The number of hydrogen-bond acceptors (Lipinski definition) is 4. The molecule has 6 nitrogen and oxygen atoms in total. The van der Waals surface area contributed by atoms with Crippen LogP contribution in [-0.2, 0) is 10.0 Å². The summed E-state index contributed by atoms with van der Waals surface area (Å²) in [7, 11) is -1.69. The van der Waals surface area contributed by atoms with E-state index < -0.39 is 10.0 Å². The van der Waals surface area contributed by atoms with E-state index in [1.807, 2.05) is 6.92 Å². The second kappa shape index (κ2) is 8.51. The molecular weight excluding hydrogens is 398 g/mol. The quantitative estimate of drug-likeness (QED) is 0.776. The average molecular weight is 422 g/mol. The van der Waals surface area contributed by atoms with Crippen LogP contribution in [0.2, 0.25) is 5.02 Å². The smallest absolute Gasteiger partial charge is 0.261 e. The predicted octanol–water partition coefficient (Wildman–Crippen LogP) is 3.27. The summed E-state index contributed by atoms with van der Waals surface area (Å²) >= 11 is 6.19. The lowest BCUT2D eigenvalue weighted by Gasteiger charge is -2.29. The van der Waals surface area contributed by atoms with Gasteiger partial charge in [-0.2, -0.15) is 0 Å². The summed E-state index contributed by atoms with van der Waals surface area (Å²) in [5.74, 6) is -0.295. The third-order valence-electron chi connectivity index (χ3n) is 4.85. The van der Waals surface area contributed by atoms with Crippen molar-refractivity contribution in [3.63, 3.8) is 0 Å². The fraction of sp³-hybridized carbons (Fsp3) is 0.350. The van der Waals surface area contributed by atoms with Crippen LogP contribution in [0, 0.1) is 6.92 Å². The molecule has 0 unspecified atom stereocenters. The van der Waals surface area contributed by atoms with E-state index in [0.717, 1.165) is 31.5 Å². The summed E-state index contributed by atoms with van der Waals surface area (Å²) in [6, 6.07) is 11.2. The van der Waals surface area contributed by atoms with Crippen LogP contribution in [0.1, 0.15) is 28.8 Å². The highest BCUT2D eigenvalue weighted by molar-refractivity contribution is 7.92. The first-order chi connectivity index (χ1) is 13.2. The minimum atomic E-state index is -3.75. The number of benzene rings is 2. The van der Waals surface area contributed by atoms with Crippen molar-refractivity contribution in [1.29, 1.82) is 0 Å². The van der Waals surface area contributed by atoms with Crippen molar-refractivity contribution in [2.24, 2.45) is 0 Å². The Bertz CT molecular complexity index is 953. The highest BCUT2D eigenvalue weighted by Crippen LogP contribution is 2.24. The fourth-order valence-electron chi connectivity index (χ4n) is 3.11. The van der Waals surface area contributed by atoms with Crippen LogP contribution in [0.4, 0.5) is 5.69 Å². The molecule has 1 aliphatic rings. The number of aryl methyl sites for hydroxylation is 1. The number of anilines is 1. The van der Waals surface area contributed by atoms with Gasteiger partial charge < -0.3 is 10.2 Å².